The molecule has 0 N–H and O–H groups in total. The molecule has 0 aliphatic heterocycles. The van der Waals surface area contributed by atoms with Crippen LogP contribution in [-0.4, -0.2) is 0 Å². The first-order valence-corrected chi connectivity index (χ1v) is 11.5. The Balaban J connectivity index is 1.55. The fraction of sp³-hybridized carbons (Fsp3) is 0.448. The van der Waals surface area contributed by atoms with Crippen LogP contribution < -0.4 is 0 Å². The van der Waals surface area contributed by atoms with Crippen molar-refractivity contribution in [3.63, 3.8) is 0 Å². The van der Waals surface area contributed by atoms with Crippen LogP contribution in [-0.2, 0) is 6.42 Å². The molecule has 1 aliphatic rings. The summed E-state index contributed by atoms with van der Waals surface area (Å²) in [5.74, 6) is 13.8. The van der Waals surface area contributed by atoms with Crippen LogP contribution in [0, 0.1) is 35.4 Å². The molecule has 0 nitrogen and oxygen atoms in total. The van der Waals surface area contributed by atoms with E-state index in [1.165, 1.54) is 18.4 Å². The number of aryl methyl sites for hydroxylation is 1. The van der Waals surface area contributed by atoms with E-state index in [-0.39, 0.29) is 5.82 Å². The highest BCUT2D eigenvalue weighted by molar-refractivity contribution is 5.44. The van der Waals surface area contributed by atoms with Crippen molar-refractivity contribution in [1.29, 1.82) is 0 Å². The number of hydrogen-bond donors (Lipinski definition) is 0. The number of halogens is 1. The summed E-state index contributed by atoms with van der Waals surface area (Å²) in [6.07, 6.45) is 9.83. The zero-order chi connectivity index (χ0) is 21.2. The van der Waals surface area contributed by atoms with E-state index in [1.807, 2.05) is 12.1 Å². The van der Waals surface area contributed by atoms with E-state index in [0.29, 0.717) is 5.92 Å². The summed E-state index contributed by atoms with van der Waals surface area (Å²) < 4.78 is 14.6. The van der Waals surface area contributed by atoms with Crippen molar-refractivity contribution in [1.82, 2.24) is 0 Å². The van der Waals surface area contributed by atoms with Crippen LogP contribution in [0.5, 0.6) is 0 Å². The summed E-state index contributed by atoms with van der Waals surface area (Å²) in [6, 6.07) is 13.9. The lowest BCUT2D eigenvalue weighted by atomic mass is 9.79. The van der Waals surface area contributed by atoms with Crippen molar-refractivity contribution in [2.75, 3.05) is 0 Å². The SMILES string of the molecule is CCCC#CCCCc1ccc(C#Cc2ccc(C3CCC(C)CC3)c(F)c2)cc1. The van der Waals surface area contributed by atoms with Gasteiger partial charge in [-0.05, 0) is 79.3 Å². The minimum atomic E-state index is -0.0984. The highest BCUT2D eigenvalue weighted by Crippen LogP contribution is 2.36. The first kappa shape index (κ1) is 22.2. The number of unbranched alkanes of at least 4 members (excludes halogenated alkanes) is 2. The minimum absolute atomic E-state index is 0.0984. The molecule has 0 heterocycles. The van der Waals surface area contributed by atoms with E-state index < -0.39 is 0 Å². The van der Waals surface area contributed by atoms with E-state index in [0.717, 1.165) is 67.6 Å². The number of hydrogen-bond acceptors (Lipinski definition) is 0. The topological polar surface area (TPSA) is 0 Å². The zero-order valence-electron chi connectivity index (χ0n) is 18.4. The number of rotatable bonds is 5. The fourth-order valence-electron chi connectivity index (χ4n) is 4.09. The van der Waals surface area contributed by atoms with Gasteiger partial charge in [0.1, 0.15) is 5.82 Å². The molecule has 1 fully saturated rings. The molecule has 1 aliphatic carbocycles. The fourth-order valence-corrected chi connectivity index (χ4v) is 4.09. The quantitative estimate of drug-likeness (QED) is 0.357. The third-order valence-corrected chi connectivity index (χ3v) is 6.03. The Hall–Kier alpha value is -2.51. The Morgan fingerprint density at radius 3 is 2.23 bits per heavy atom. The van der Waals surface area contributed by atoms with Gasteiger partial charge in [0, 0.05) is 24.0 Å². The van der Waals surface area contributed by atoms with Crippen molar-refractivity contribution in [2.45, 2.75) is 77.6 Å². The van der Waals surface area contributed by atoms with Gasteiger partial charge in [0.15, 0.2) is 0 Å². The summed E-state index contributed by atoms with van der Waals surface area (Å²) in [4.78, 5) is 0. The van der Waals surface area contributed by atoms with E-state index >= 15 is 0 Å². The normalized spacial score (nSPS) is 18.1. The molecule has 0 aromatic heterocycles. The Labute approximate surface area is 182 Å². The maximum atomic E-state index is 14.6. The standard InChI is InChI=1S/C29H33F/c1-3-4-5-6-7-8-9-24-12-14-25(15-13-24)16-17-26-18-21-28(29(30)22-26)27-19-10-23(2)11-20-27/h12-15,18,21-23,27H,3-4,7-11,19-20H2,1-2H3. The minimum Gasteiger partial charge on any atom is -0.207 e. The molecule has 0 saturated heterocycles. The predicted octanol–water partition coefficient (Wildman–Crippen LogP) is 7.65. The Morgan fingerprint density at radius 2 is 1.53 bits per heavy atom. The second-order valence-corrected chi connectivity index (χ2v) is 8.60. The van der Waals surface area contributed by atoms with Crippen LogP contribution >= 0.6 is 0 Å². The van der Waals surface area contributed by atoms with Gasteiger partial charge in [-0.1, -0.05) is 56.7 Å². The van der Waals surface area contributed by atoms with Crippen molar-refractivity contribution >= 4 is 0 Å². The lowest BCUT2D eigenvalue weighted by molar-refractivity contribution is 0.342. The molecule has 3 rings (SSSR count). The van der Waals surface area contributed by atoms with E-state index in [1.54, 1.807) is 6.07 Å². The van der Waals surface area contributed by atoms with E-state index in [2.05, 4.69) is 61.8 Å². The molecule has 1 saturated carbocycles. The van der Waals surface area contributed by atoms with Gasteiger partial charge >= 0.3 is 0 Å². The Bertz CT molecular complexity index is 922. The van der Waals surface area contributed by atoms with Crippen molar-refractivity contribution in [2.24, 2.45) is 5.92 Å². The van der Waals surface area contributed by atoms with Gasteiger partial charge in [0.25, 0.3) is 0 Å². The molecule has 1 heteroatoms. The predicted molar refractivity (Wildman–Crippen MR) is 125 cm³/mol. The molecular formula is C29H33F. The summed E-state index contributed by atoms with van der Waals surface area (Å²) >= 11 is 0. The van der Waals surface area contributed by atoms with Gasteiger partial charge in [0.05, 0.1) is 0 Å². The van der Waals surface area contributed by atoms with Gasteiger partial charge in [-0.25, -0.2) is 4.39 Å². The molecule has 0 amide bonds. The van der Waals surface area contributed by atoms with Crippen LogP contribution in [0.25, 0.3) is 0 Å². The largest absolute Gasteiger partial charge is 0.207 e. The molecule has 0 spiro atoms. The van der Waals surface area contributed by atoms with E-state index in [9.17, 15) is 4.39 Å². The van der Waals surface area contributed by atoms with Gasteiger partial charge < -0.3 is 0 Å². The highest BCUT2D eigenvalue weighted by Gasteiger charge is 2.22. The lowest BCUT2D eigenvalue weighted by Gasteiger charge is -2.26. The first-order chi connectivity index (χ1) is 14.7. The van der Waals surface area contributed by atoms with Crippen LogP contribution in [0.15, 0.2) is 42.5 Å². The summed E-state index contributed by atoms with van der Waals surface area (Å²) in [6.45, 7) is 4.45. The van der Waals surface area contributed by atoms with Gasteiger partial charge in [0.2, 0.25) is 0 Å². The van der Waals surface area contributed by atoms with Crippen LogP contribution in [0.4, 0.5) is 4.39 Å². The van der Waals surface area contributed by atoms with Crippen molar-refractivity contribution in [3.8, 4) is 23.7 Å². The molecule has 0 atom stereocenters. The van der Waals surface area contributed by atoms with Crippen LogP contribution in [0.3, 0.4) is 0 Å². The van der Waals surface area contributed by atoms with Gasteiger partial charge in [-0.15, -0.1) is 11.8 Å². The molecule has 2 aromatic rings. The van der Waals surface area contributed by atoms with Crippen molar-refractivity contribution < 1.29 is 4.39 Å². The number of benzene rings is 2. The average molecular weight is 401 g/mol. The van der Waals surface area contributed by atoms with Crippen LogP contribution in [0.1, 0.15) is 93.4 Å². The van der Waals surface area contributed by atoms with Gasteiger partial charge in [-0.3, -0.25) is 0 Å². The second kappa shape index (κ2) is 11.6. The smallest absolute Gasteiger partial charge is 0.127 e. The third kappa shape index (κ3) is 6.78. The monoisotopic (exact) mass is 400 g/mol. The average Bonchev–Trinajstić information content (AvgIpc) is 2.76. The molecule has 0 unspecified atom stereocenters. The summed E-state index contributed by atoms with van der Waals surface area (Å²) in [5, 5.41) is 0. The third-order valence-electron chi connectivity index (χ3n) is 6.03. The van der Waals surface area contributed by atoms with Crippen LogP contribution in [0.2, 0.25) is 0 Å². The maximum Gasteiger partial charge on any atom is 0.127 e. The molecule has 0 bridgehead atoms. The van der Waals surface area contributed by atoms with Gasteiger partial charge in [-0.2, -0.15) is 0 Å². The molecule has 0 radical (unpaired) electrons. The molecule has 156 valence electrons. The Kier molecular flexibility index (Phi) is 8.59. The molecule has 2 aromatic carbocycles. The molecular weight excluding hydrogens is 367 g/mol. The first-order valence-electron chi connectivity index (χ1n) is 11.5. The Morgan fingerprint density at radius 1 is 0.867 bits per heavy atom. The van der Waals surface area contributed by atoms with Crippen molar-refractivity contribution in [3.05, 3.63) is 70.5 Å². The van der Waals surface area contributed by atoms with E-state index in [4.69, 9.17) is 0 Å². The zero-order valence-corrected chi connectivity index (χ0v) is 18.4. The second-order valence-electron chi connectivity index (χ2n) is 8.60. The highest BCUT2D eigenvalue weighted by atomic mass is 19.1. The summed E-state index contributed by atoms with van der Waals surface area (Å²) in [7, 11) is 0. The lowest BCUT2D eigenvalue weighted by Crippen LogP contribution is -2.12. The maximum absolute atomic E-state index is 14.6. The summed E-state index contributed by atoms with van der Waals surface area (Å²) in [5.41, 5.74) is 3.90. The molecule has 30 heavy (non-hydrogen) atoms.